The van der Waals surface area contributed by atoms with Crippen LogP contribution in [0.4, 0.5) is 11.4 Å². The Morgan fingerprint density at radius 2 is 1.92 bits per heavy atom. The molecule has 3 rings (SSSR count). The highest BCUT2D eigenvalue weighted by Gasteiger charge is 2.40. The predicted molar refractivity (Wildman–Crippen MR) is 89.0 cm³/mol. The maximum Gasteiger partial charge on any atom is 0.270 e. The zero-order chi connectivity index (χ0) is 17.4. The standard InChI is InChI=1S/C18H14N2O4/c1-10-4-3-5-12(8-10)19-17-14-7-6-13(20(23)24)9-15(14)18(22)16(17)11(2)21/h3-9,16H,1-2H3. The lowest BCUT2D eigenvalue weighted by Crippen LogP contribution is -2.23. The molecule has 0 aromatic heterocycles. The molecule has 120 valence electrons. The highest BCUT2D eigenvalue weighted by Crippen LogP contribution is 2.33. The summed E-state index contributed by atoms with van der Waals surface area (Å²) in [5.41, 5.74) is 2.46. The minimum Gasteiger partial charge on any atom is -0.299 e. The molecule has 1 atom stereocenters. The van der Waals surface area contributed by atoms with Crippen molar-refractivity contribution in [1.29, 1.82) is 0 Å². The molecule has 24 heavy (non-hydrogen) atoms. The fraction of sp³-hybridized carbons (Fsp3) is 0.167. The number of hydrogen-bond donors (Lipinski definition) is 0. The third-order valence-electron chi connectivity index (χ3n) is 3.95. The second-order valence-electron chi connectivity index (χ2n) is 5.73. The summed E-state index contributed by atoms with van der Waals surface area (Å²) in [4.78, 5) is 39.4. The smallest absolute Gasteiger partial charge is 0.270 e. The summed E-state index contributed by atoms with van der Waals surface area (Å²) in [5.74, 6) is -1.78. The number of benzene rings is 2. The fourth-order valence-corrected chi connectivity index (χ4v) is 2.85. The summed E-state index contributed by atoms with van der Waals surface area (Å²) in [6.45, 7) is 3.25. The number of aryl methyl sites for hydroxylation is 1. The van der Waals surface area contributed by atoms with Gasteiger partial charge in [-0.15, -0.1) is 0 Å². The molecule has 2 aromatic carbocycles. The summed E-state index contributed by atoms with van der Waals surface area (Å²) in [6, 6.07) is 11.4. The number of hydrogen-bond acceptors (Lipinski definition) is 5. The van der Waals surface area contributed by atoms with Crippen LogP contribution >= 0.6 is 0 Å². The van der Waals surface area contributed by atoms with Crippen LogP contribution in [0, 0.1) is 23.0 Å². The number of non-ortho nitro benzene ring substituents is 1. The van der Waals surface area contributed by atoms with Crippen LogP contribution in [0.5, 0.6) is 0 Å². The minimum absolute atomic E-state index is 0.177. The lowest BCUT2D eigenvalue weighted by Gasteiger charge is -2.06. The molecule has 0 radical (unpaired) electrons. The van der Waals surface area contributed by atoms with E-state index in [-0.39, 0.29) is 17.0 Å². The summed E-state index contributed by atoms with van der Waals surface area (Å²) >= 11 is 0. The van der Waals surface area contributed by atoms with Crippen LogP contribution < -0.4 is 0 Å². The number of nitrogens with zero attached hydrogens (tertiary/aromatic N) is 2. The van der Waals surface area contributed by atoms with Gasteiger partial charge in [0, 0.05) is 23.3 Å². The van der Waals surface area contributed by atoms with E-state index < -0.39 is 16.6 Å². The van der Waals surface area contributed by atoms with E-state index in [1.807, 2.05) is 25.1 Å². The molecule has 6 nitrogen and oxygen atoms in total. The molecule has 0 aliphatic heterocycles. The van der Waals surface area contributed by atoms with Gasteiger partial charge in [-0.05, 0) is 37.6 Å². The summed E-state index contributed by atoms with van der Waals surface area (Å²) < 4.78 is 0. The topological polar surface area (TPSA) is 89.6 Å². The van der Waals surface area contributed by atoms with E-state index in [0.717, 1.165) is 5.56 Å². The Bertz CT molecular complexity index is 915. The Morgan fingerprint density at radius 1 is 1.17 bits per heavy atom. The number of aliphatic imine (C=N–C) groups is 1. The lowest BCUT2D eigenvalue weighted by molar-refractivity contribution is -0.384. The number of nitro benzene ring substituents is 1. The Kier molecular flexibility index (Phi) is 3.81. The molecular formula is C18H14N2O4. The monoisotopic (exact) mass is 322 g/mol. The van der Waals surface area contributed by atoms with Gasteiger partial charge in [0.25, 0.3) is 5.69 Å². The molecule has 0 spiro atoms. The first-order chi connectivity index (χ1) is 11.4. The van der Waals surface area contributed by atoms with Gasteiger partial charge in [0.2, 0.25) is 0 Å². The Morgan fingerprint density at radius 3 is 2.54 bits per heavy atom. The molecular weight excluding hydrogens is 308 g/mol. The molecule has 0 amide bonds. The van der Waals surface area contributed by atoms with Crippen LogP contribution in [-0.2, 0) is 4.79 Å². The molecule has 2 aromatic rings. The van der Waals surface area contributed by atoms with E-state index in [1.165, 1.54) is 25.1 Å². The van der Waals surface area contributed by atoms with Gasteiger partial charge < -0.3 is 0 Å². The van der Waals surface area contributed by atoms with Crippen molar-refractivity contribution in [2.45, 2.75) is 13.8 Å². The summed E-state index contributed by atoms with van der Waals surface area (Å²) in [6.07, 6.45) is 0. The van der Waals surface area contributed by atoms with Crippen LogP contribution in [0.25, 0.3) is 0 Å². The maximum atomic E-state index is 12.6. The van der Waals surface area contributed by atoms with E-state index in [4.69, 9.17) is 0 Å². The zero-order valence-corrected chi connectivity index (χ0v) is 13.1. The van der Waals surface area contributed by atoms with Crippen molar-refractivity contribution in [3.05, 3.63) is 69.3 Å². The normalized spacial score (nSPS) is 17.8. The molecule has 1 unspecified atom stereocenters. The SMILES string of the molecule is CC(=O)C1C(=O)c2cc([N+](=O)[O-])ccc2C1=Nc1cccc(C)c1. The van der Waals surface area contributed by atoms with E-state index in [2.05, 4.69) is 4.99 Å². The van der Waals surface area contributed by atoms with Gasteiger partial charge in [-0.2, -0.15) is 0 Å². The minimum atomic E-state index is -1.01. The second kappa shape index (κ2) is 5.81. The molecule has 1 aliphatic carbocycles. The molecule has 0 fully saturated rings. The van der Waals surface area contributed by atoms with E-state index in [9.17, 15) is 19.7 Å². The lowest BCUT2D eigenvalue weighted by atomic mass is 9.99. The van der Waals surface area contributed by atoms with Crippen LogP contribution in [0.1, 0.15) is 28.4 Å². The van der Waals surface area contributed by atoms with Crippen LogP contribution in [0.3, 0.4) is 0 Å². The average molecular weight is 322 g/mol. The van der Waals surface area contributed by atoms with Gasteiger partial charge in [0.15, 0.2) is 5.78 Å². The number of fused-ring (bicyclic) bond motifs is 1. The highest BCUT2D eigenvalue weighted by atomic mass is 16.6. The van der Waals surface area contributed by atoms with E-state index in [1.54, 1.807) is 6.07 Å². The van der Waals surface area contributed by atoms with Crippen LogP contribution in [0.2, 0.25) is 0 Å². The first-order valence-corrected chi connectivity index (χ1v) is 7.37. The number of Topliss-reactive ketones (excluding diaryl/α,β-unsaturated/α-hetero) is 2. The van der Waals surface area contributed by atoms with Crippen molar-refractivity contribution in [3.8, 4) is 0 Å². The van der Waals surface area contributed by atoms with Gasteiger partial charge >= 0.3 is 0 Å². The van der Waals surface area contributed by atoms with Crippen molar-refractivity contribution in [3.63, 3.8) is 0 Å². The van der Waals surface area contributed by atoms with E-state index in [0.29, 0.717) is 17.0 Å². The quantitative estimate of drug-likeness (QED) is 0.492. The molecule has 0 saturated heterocycles. The number of carbonyl (C=O) groups excluding carboxylic acids is 2. The highest BCUT2D eigenvalue weighted by molar-refractivity contribution is 6.37. The third-order valence-corrected chi connectivity index (χ3v) is 3.95. The average Bonchev–Trinajstić information content (AvgIpc) is 2.79. The van der Waals surface area contributed by atoms with E-state index >= 15 is 0 Å². The Balaban J connectivity index is 2.19. The van der Waals surface area contributed by atoms with Gasteiger partial charge in [-0.3, -0.25) is 24.7 Å². The van der Waals surface area contributed by atoms with Gasteiger partial charge in [-0.25, -0.2) is 0 Å². The van der Waals surface area contributed by atoms with Crippen molar-refractivity contribution in [2.24, 2.45) is 10.9 Å². The largest absolute Gasteiger partial charge is 0.299 e. The Hall–Kier alpha value is -3.15. The number of nitro groups is 1. The van der Waals surface area contributed by atoms with Gasteiger partial charge in [0.05, 0.1) is 16.3 Å². The molecule has 0 heterocycles. The number of ketones is 2. The van der Waals surface area contributed by atoms with Crippen LogP contribution in [0.15, 0.2) is 47.5 Å². The second-order valence-corrected chi connectivity index (χ2v) is 5.73. The van der Waals surface area contributed by atoms with Crippen LogP contribution in [-0.4, -0.2) is 22.2 Å². The molecule has 0 bridgehead atoms. The van der Waals surface area contributed by atoms with Gasteiger partial charge in [0.1, 0.15) is 11.7 Å². The third kappa shape index (κ3) is 2.62. The zero-order valence-electron chi connectivity index (χ0n) is 13.1. The fourth-order valence-electron chi connectivity index (χ4n) is 2.85. The molecule has 6 heteroatoms. The summed E-state index contributed by atoms with van der Waals surface area (Å²) in [5, 5.41) is 10.9. The first kappa shape index (κ1) is 15.7. The molecule has 1 aliphatic rings. The van der Waals surface area contributed by atoms with Crippen molar-refractivity contribution in [1.82, 2.24) is 0 Å². The molecule has 0 N–H and O–H groups in total. The number of rotatable bonds is 3. The predicted octanol–water partition coefficient (Wildman–Crippen LogP) is 3.43. The van der Waals surface area contributed by atoms with Crippen molar-refractivity contribution in [2.75, 3.05) is 0 Å². The summed E-state index contributed by atoms with van der Waals surface area (Å²) in [7, 11) is 0. The van der Waals surface area contributed by atoms with Crippen molar-refractivity contribution < 1.29 is 14.5 Å². The van der Waals surface area contributed by atoms with Crippen molar-refractivity contribution >= 4 is 28.7 Å². The maximum absolute atomic E-state index is 12.6. The Labute approximate surface area is 138 Å². The van der Waals surface area contributed by atoms with Gasteiger partial charge in [-0.1, -0.05) is 12.1 Å². The first-order valence-electron chi connectivity index (χ1n) is 7.37. The number of carbonyl (C=O) groups is 2. The molecule has 0 saturated carbocycles.